The van der Waals surface area contributed by atoms with Gasteiger partial charge in [-0.1, -0.05) is 36.4 Å². The molecular weight excluding hydrogens is 216 g/mol. The molecule has 0 aliphatic rings. The molecule has 0 aromatic heterocycles. The van der Waals surface area contributed by atoms with Gasteiger partial charge in [0.1, 0.15) is 6.10 Å². The fraction of sp³-hybridized carbons (Fsp3) is 0.357. The van der Waals surface area contributed by atoms with E-state index in [1.165, 1.54) is 0 Å². The van der Waals surface area contributed by atoms with Crippen LogP contribution in [0.15, 0.2) is 36.4 Å². The fourth-order valence-electron chi connectivity index (χ4n) is 1.44. The third-order valence-corrected chi connectivity index (χ3v) is 2.29. The molecular formula is C14H18O3. The number of ether oxygens (including phenoxy) is 1. The van der Waals surface area contributed by atoms with Crippen LogP contribution in [0.3, 0.4) is 0 Å². The molecule has 0 spiro atoms. The number of rotatable bonds is 4. The topological polar surface area (TPSA) is 46.5 Å². The van der Waals surface area contributed by atoms with Gasteiger partial charge in [-0.2, -0.15) is 0 Å². The summed E-state index contributed by atoms with van der Waals surface area (Å²) in [5.74, 6) is -0.561. The van der Waals surface area contributed by atoms with Gasteiger partial charge in [0.25, 0.3) is 0 Å². The number of benzene rings is 1. The van der Waals surface area contributed by atoms with Crippen molar-refractivity contribution < 1.29 is 14.6 Å². The Hall–Kier alpha value is -1.61. The van der Waals surface area contributed by atoms with Crippen molar-refractivity contribution in [1.29, 1.82) is 0 Å². The van der Waals surface area contributed by atoms with Gasteiger partial charge in [-0.05, 0) is 26.3 Å². The highest BCUT2D eigenvalue weighted by Gasteiger charge is 2.20. The summed E-state index contributed by atoms with van der Waals surface area (Å²) in [5.41, 5.74) is 1.73. The van der Waals surface area contributed by atoms with Crippen LogP contribution >= 0.6 is 0 Å². The van der Waals surface area contributed by atoms with Crippen molar-refractivity contribution >= 4 is 5.97 Å². The average molecular weight is 234 g/mol. The minimum atomic E-state index is -1.01. The van der Waals surface area contributed by atoms with Crippen molar-refractivity contribution in [3.63, 3.8) is 0 Å². The molecule has 92 valence electrons. The summed E-state index contributed by atoms with van der Waals surface area (Å²) in [6.45, 7) is 9.02. The summed E-state index contributed by atoms with van der Waals surface area (Å²) in [4.78, 5) is 11.6. The van der Waals surface area contributed by atoms with Crippen LogP contribution in [-0.2, 0) is 9.53 Å². The smallest absolute Gasteiger partial charge is 0.336 e. The largest absolute Gasteiger partial charge is 0.460 e. The minimum absolute atomic E-state index is 0.0595. The number of aryl methyl sites for hydroxylation is 1. The second-order valence-corrected chi connectivity index (χ2v) is 4.30. The molecule has 1 aromatic carbocycles. The van der Waals surface area contributed by atoms with Gasteiger partial charge in [0, 0.05) is 0 Å². The van der Waals surface area contributed by atoms with Crippen LogP contribution in [0.1, 0.15) is 31.1 Å². The van der Waals surface area contributed by atoms with Gasteiger partial charge >= 0.3 is 5.97 Å². The maximum absolute atomic E-state index is 11.6. The van der Waals surface area contributed by atoms with Gasteiger partial charge in [0.15, 0.2) is 0 Å². The van der Waals surface area contributed by atoms with Gasteiger partial charge in [0.05, 0.1) is 11.7 Å². The molecule has 0 saturated heterocycles. The Labute approximate surface area is 102 Å². The Bertz CT molecular complexity index is 421. The summed E-state index contributed by atoms with van der Waals surface area (Å²) in [6, 6.07) is 7.32. The van der Waals surface area contributed by atoms with Crippen molar-refractivity contribution in [3.05, 3.63) is 47.5 Å². The lowest BCUT2D eigenvalue weighted by molar-refractivity contribution is -0.143. The third kappa shape index (κ3) is 3.71. The minimum Gasteiger partial charge on any atom is -0.460 e. The SMILES string of the molecule is C=C(C(=O)OC(C)C)C(O)c1cccc(C)c1. The van der Waals surface area contributed by atoms with Crippen LogP contribution in [0, 0.1) is 6.92 Å². The number of carbonyl (C=O) groups is 1. The van der Waals surface area contributed by atoms with Gasteiger partial charge in [0.2, 0.25) is 0 Å². The summed E-state index contributed by atoms with van der Waals surface area (Å²) in [6.07, 6.45) is -1.23. The second kappa shape index (κ2) is 5.64. The van der Waals surface area contributed by atoms with Crippen LogP contribution in [0.2, 0.25) is 0 Å². The maximum atomic E-state index is 11.6. The summed E-state index contributed by atoms with van der Waals surface area (Å²) in [7, 11) is 0. The number of aliphatic hydroxyl groups excluding tert-OH is 1. The van der Waals surface area contributed by atoms with Crippen molar-refractivity contribution in [2.75, 3.05) is 0 Å². The highest BCUT2D eigenvalue weighted by Crippen LogP contribution is 2.22. The van der Waals surface area contributed by atoms with E-state index in [9.17, 15) is 9.90 Å². The van der Waals surface area contributed by atoms with Gasteiger partial charge in [-0.3, -0.25) is 0 Å². The predicted octanol–water partition coefficient (Wildman–Crippen LogP) is 2.54. The lowest BCUT2D eigenvalue weighted by Crippen LogP contribution is -2.17. The number of aliphatic hydroxyl groups is 1. The molecule has 0 aliphatic heterocycles. The fourth-order valence-corrected chi connectivity index (χ4v) is 1.44. The van der Waals surface area contributed by atoms with E-state index < -0.39 is 12.1 Å². The number of carbonyl (C=O) groups excluding carboxylic acids is 1. The van der Waals surface area contributed by atoms with Gasteiger partial charge in [-0.15, -0.1) is 0 Å². The van der Waals surface area contributed by atoms with E-state index in [0.717, 1.165) is 5.56 Å². The van der Waals surface area contributed by atoms with Crippen LogP contribution in [0.25, 0.3) is 0 Å². The summed E-state index contributed by atoms with van der Waals surface area (Å²) < 4.78 is 4.99. The Balaban J connectivity index is 2.79. The van der Waals surface area contributed by atoms with E-state index in [1.54, 1.807) is 19.9 Å². The molecule has 0 bridgehead atoms. The molecule has 1 rings (SSSR count). The van der Waals surface area contributed by atoms with E-state index in [2.05, 4.69) is 6.58 Å². The average Bonchev–Trinajstić information content (AvgIpc) is 2.26. The second-order valence-electron chi connectivity index (χ2n) is 4.30. The predicted molar refractivity (Wildman–Crippen MR) is 66.5 cm³/mol. The van der Waals surface area contributed by atoms with E-state index in [0.29, 0.717) is 5.56 Å². The van der Waals surface area contributed by atoms with Crippen LogP contribution < -0.4 is 0 Å². The highest BCUT2D eigenvalue weighted by atomic mass is 16.5. The summed E-state index contributed by atoms with van der Waals surface area (Å²) in [5, 5.41) is 10.00. The number of hydrogen-bond donors (Lipinski definition) is 1. The molecule has 1 N–H and O–H groups in total. The zero-order chi connectivity index (χ0) is 13.0. The van der Waals surface area contributed by atoms with Crippen molar-refractivity contribution in [3.8, 4) is 0 Å². The van der Waals surface area contributed by atoms with Gasteiger partial charge in [-0.25, -0.2) is 4.79 Å². The molecule has 3 nitrogen and oxygen atoms in total. The van der Waals surface area contributed by atoms with E-state index in [4.69, 9.17) is 4.74 Å². The quantitative estimate of drug-likeness (QED) is 0.643. The molecule has 0 amide bonds. The zero-order valence-corrected chi connectivity index (χ0v) is 10.4. The van der Waals surface area contributed by atoms with E-state index in [1.807, 2.05) is 25.1 Å². The van der Waals surface area contributed by atoms with Crippen LogP contribution in [0.5, 0.6) is 0 Å². The number of esters is 1. The molecule has 1 aromatic rings. The molecule has 0 aliphatic carbocycles. The monoisotopic (exact) mass is 234 g/mol. The van der Waals surface area contributed by atoms with Crippen molar-refractivity contribution in [2.45, 2.75) is 33.0 Å². The Morgan fingerprint density at radius 1 is 1.41 bits per heavy atom. The Kier molecular flexibility index (Phi) is 4.46. The lowest BCUT2D eigenvalue weighted by Gasteiger charge is -2.15. The molecule has 1 atom stereocenters. The van der Waals surface area contributed by atoms with E-state index in [-0.39, 0.29) is 11.7 Å². The molecule has 1 unspecified atom stereocenters. The molecule has 17 heavy (non-hydrogen) atoms. The molecule has 0 radical (unpaired) electrons. The Morgan fingerprint density at radius 2 is 2.06 bits per heavy atom. The third-order valence-electron chi connectivity index (χ3n) is 2.29. The highest BCUT2D eigenvalue weighted by molar-refractivity contribution is 5.89. The lowest BCUT2D eigenvalue weighted by atomic mass is 10.0. The summed E-state index contributed by atoms with van der Waals surface area (Å²) >= 11 is 0. The normalized spacial score (nSPS) is 12.3. The van der Waals surface area contributed by atoms with Crippen molar-refractivity contribution in [1.82, 2.24) is 0 Å². The first-order valence-electron chi connectivity index (χ1n) is 5.56. The van der Waals surface area contributed by atoms with Crippen LogP contribution in [0.4, 0.5) is 0 Å². The molecule has 0 saturated carbocycles. The first kappa shape index (κ1) is 13.5. The Morgan fingerprint density at radius 3 is 2.59 bits per heavy atom. The number of hydrogen-bond acceptors (Lipinski definition) is 3. The first-order chi connectivity index (χ1) is 7.91. The van der Waals surface area contributed by atoms with E-state index >= 15 is 0 Å². The van der Waals surface area contributed by atoms with Crippen molar-refractivity contribution in [2.24, 2.45) is 0 Å². The van der Waals surface area contributed by atoms with Gasteiger partial charge < -0.3 is 9.84 Å². The first-order valence-corrected chi connectivity index (χ1v) is 5.56. The standard InChI is InChI=1S/C14H18O3/c1-9(2)17-14(16)11(4)13(15)12-7-5-6-10(3)8-12/h5-9,13,15H,4H2,1-3H3. The zero-order valence-electron chi connectivity index (χ0n) is 10.4. The molecule has 0 heterocycles. The molecule has 0 fully saturated rings. The molecule has 3 heteroatoms. The van der Waals surface area contributed by atoms with Crippen LogP contribution in [-0.4, -0.2) is 17.2 Å². The maximum Gasteiger partial charge on any atom is 0.336 e.